The smallest absolute Gasteiger partial charge is 0.288 e. The van der Waals surface area contributed by atoms with Crippen LogP contribution in [-0.4, -0.2) is 16.9 Å². The average Bonchev–Trinajstić information content (AvgIpc) is 2.41. The second kappa shape index (κ2) is 6.43. The fraction of sp³-hybridized carbons (Fsp3) is 0.533. The maximum Gasteiger partial charge on any atom is 0.288 e. The predicted molar refractivity (Wildman–Crippen MR) is 81.5 cm³/mol. The van der Waals surface area contributed by atoms with Crippen molar-refractivity contribution in [3.8, 4) is 0 Å². The maximum atomic E-state index is 12.3. The maximum absolute atomic E-state index is 12.3. The minimum atomic E-state index is -0.579. The molecule has 0 bridgehead atoms. The number of carbonyl (C=O) groups excluding carboxylic acids is 1. The van der Waals surface area contributed by atoms with Gasteiger partial charge in [0.1, 0.15) is 5.02 Å². The Hall–Kier alpha value is -1.62. The summed E-state index contributed by atoms with van der Waals surface area (Å²) in [6.45, 7) is 4.33. The molecule has 0 aromatic heterocycles. The van der Waals surface area contributed by atoms with Crippen LogP contribution in [0.15, 0.2) is 18.2 Å². The van der Waals surface area contributed by atoms with Gasteiger partial charge in [0.25, 0.3) is 11.6 Å². The summed E-state index contributed by atoms with van der Waals surface area (Å²) in [6, 6.07) is 4.39. The summed E-state index contributed by atoms with van der Waals surface area (Å²) in [5.41, 5.74) is -0.0775. The lowest BCUT2D eigenvalue weighted by Gasteiger charge is -2.33. The summed E-state index contributed by atoms with van der Waals surface area (Å²) >= 11 is 5.97. The number of halogens is 1. The van der Waals surface area contributed by atoms with Crippen molar-refractivity contribution < 1.29 is 9.72 Å². The van der Waals surface area contributed by atoms with Crippen molar-refractivity contribution in [1.82, 2.24) is 5.32 Å². The summed E-state index contributed by atoms with van der Waals surface area (Å²) in [5.74, 6) is 0.736. The molecule has 3 atom stereocenters. The molecule has 114 valence electrons. The molecule has 1 N–H and O–H groups in total. The summed E-state index contributed by atoms with van der Waals surface area (Å²) in [7, 11) is 0. The largest absolute Gasteiger partial charge is 0.349 e. The third kappa shape index (κ3) is 3.53. The van der Waals surface area contributed by atoms with Crippen molar-refractivity contribution >= 4 is 23.2 Å². The first kappa shape index (κ1) is 15.8. The highest BCUT2D eigenvalue weighted by Crippen LogP contribution is 2.30. The molecule has 0 heterocycles. The fourth-order valence-corrected chi connectivity index (χ4v) is 3.24. The number of benzene rings is 1. The lowest BCUT2D eigenvalue weighted by Crippen LogP contribution is -2.42. The molecular formula is C15H19ClN2O3. The van der Waals surface area contributed by atoms with E-state index in [4.69, 9.17) is 11.6 Å². The molecule has 1 aromatic rings. The Morgan fingerprint density at radius 2 is 2.10 bits per heavy atom. The second-order valence-corrected chi connectivity index (χ2v) is 6.25. The number of carbonyl (C=O) groups is 1. The Morgan fingerprint density at radius 1 is 1.38 bits per heavy atom. The second-order valence-electron chi connectivity index (χ2n) is 5.87. The molecule has 0 radical (unpaired) electrons. The van der Waals surface area contributed by atoms with Crippen molar-refractivity contribution in [2.75, 3.05) is 0 Å². The molecular weight excluding hydrogens is 292 g/mol. The minimum Gasteiger partial charge on any atom is -0.349 e. The van der Waals surface area contributed by atoms with Gasteiger partial charge in [-0.25, -0.2) is 0 Å². The lowest BCUT2D eigenvalue weighted by atomic mass is 9.80. The van der Waals surface area contributed by atoms with Gasteiger partial charge >= 0.3 is 0 Å². The topological polar surface area (TPSA) is 72.2 Å². The van der Waals surface area contributed by atoms with Gasteiger partial charge in [0, 0.05) is 12.1 Å². The third-order valence-corrected chi connectivity index (χ3v) is 4.56. The molecule has 1 amide bonds. The zero-order valence-electron chi connectivity index (χ0n) is 12.1. The molecule has 5 nitrogen and oxygen atoms in total. The molecule has 0 saturated heterocycles. The monoisotopic (exact) mass is 310 g/mol. The predicted octanol–water partition coefficient (Wildman–Crippen LogP) is 3.80. The molecule has 6 heteroatoms. The van der Waals surface area contributed by atoms with Crippen molar-refractivity contribution in [2.24, 2.45) is 11.8 Å². The highest BCUT2D eigenvalue weighted by Gasteiger charge is 2.28. The van der Waals surface area contributed by atoms with E-state index in [0.717, 1.165) is 19.3 Å². The highest BCUT2D eigenvalue weighted by molar-refractivity contribution is 6.35. The molecule has 1 saturated carbocycles. The van der Waals surface area contributed by atoms with Gasteiger partial charge in [0.05, 0.1) is 10.5 Å². The first-order chi connectivity index (χ1) is 9.90. The van der Waals surface area contributed by atoms with Gasteiger partial charge in [-0.15, -0.1) is 0 Å². The van der Waals surface area contributed by atoms with E-state index in [9.17, 15) is 14.9 Å². The van der Waals surface area contributed by atoms with Crippen molar-refractivity contribution in [3.63, 3.8) is 0 Å². The fourth-order valence-electron chi connectivity index (χ4n) is 2.96. The zero-order chi connectivity index (χ0) is 15.6. The Morgan fingerprint density at radius 3 is 2.71 bits per heavy atom. The summed E-state index contributed by atoms with van der Waals surface area (Å²) < 4.78 is 0. The van der Waals surface area contributed by atoms with Crippen molar-refractivity contribution in [2.45, 2.75) is 39.2 Å². The van der Waals surface area contributed by atoms with Gasteiger partial charge in [-0.05, 0) is 37.2 Å². The summed E-state index contributed by atoms with van der Waals surface area (Å²) in [4.78, 5) is 22.6. The molecule has 0 aliphatic heterocycles. The normalized spacial score (nSPS) is 25.4. The SMILES string of the molecule is CC1CCC(NC(=O)c2cccc([N+](=O)[O-])c2Cl)C(C)C1. The van der Waals surface area contributed by atoms with E-state index in [1.807, 2.05) is 0 Å². The van der Waals surface area contributed by atoms with Crippen molar-refractivity contribution in [1.29, 1.82) is 0 Å². The van der Waals surface area contributed by atoms with E-state index in [0.29, 0.717) is 11.8 Å². The number of nitrogens with zero attached hydrogens (tertiary/aromatic N) is 1. The van der Waals surface area contributed by atoms with Crippen LogP contribution in [0.5, 0.6) is 0 Å². The molecule has 21 heavy (non-hydrogen) atoms. The lowest BCUT2D eigenvalue weighted by molar-refractivity contribution is -0.384. The van der Waals surface area contributed by atoms with Gasteiger partial charge in [0.15, 0.2) is 0 Å². The number of nitrogens with one attached hydrogen (secondary N) is 1. The van der Waals surface area contributed by atoms with Crippen LogP contribution in [0, 0.1) is 22.0 Å². The van der Waals surface area contributed by atoms with Crippen LogP contribution in [0.1, 0.15) is 43.5 Å². The van der Waals surface area contributed by atoms with E-state index in [1.165, 1.54) is 18.2 Å². The number of nitro groups is 1. The Bertz CT molecular complexity index is 562. The van der Waals surface area contributed by atoms with E-state index >= 15 is 0 Å². The van der Waals surface area contributed by atoms with Crippen LogP contribution in [0.2, 0.25) is 5.02 Å². The van der Waals surface area contributed by atoms with Crippen LogP contribution < -0.4 is 5.32 Å². The molecule has 0 spiro atoms. The van der Waals surface area contributed by atoms with Crippen LogP contribution in [0.3, 0.4) is 0 Å². The van der Waals surface area contributed by atoms with E-state index in [-0.39, 0.29) is 28.2 Å². The van der Waals surface area contributed by atoms with Gasteiger partial charge in [-0.1, -0.05) is 31.5 Å². The Kier molecular flexibility index (Phi) is 4.83. The molecule has 3 unspecified atom stereocenters. The van der Waals surface area contributed by atoms with Gasteiger partial charge in [-0.3, -0.25) is 14.9 Å². The third-order valence-electron chi connectivity index (χ3n) is 4.17. The number of hydrogen-bond acceptors (Lipinski definition) is 3. The van der Waals surface area contributed by atoms with Crippen LogP contribution >= 0.6 is 11.6 Å². The van der Waals surface area contributed by atoms with Crippen LogP contribution in [0.4, 0.5) is 5.69 Å². The van der Waals surface area contributed by atoms with E-state index in [2.05, 4.69) is 19.2 Å². The number of hydrogen-bond donors (Lipinski definition) is 1. The standard InChI is InChI=1S/C15H19ClN2O3/c1-9-6-7-12(10(2)8-9)17-15(19)11-4-3-5-13(14(11)16)18(20)21/h3-5,9-10,12H,6-8H2,1-2H3,(H,17,19). The molecule has 1 aromatic carbocycles. The van der Waals surface area contributed by atoms with Gasteiger partial charge in [-0.2, -0.15) is 0 Å². The van der Waals surface area contributed by atoms with Crippen LogP contribution in [-0.2, 0) is 0 Å². The number of amides is 1. The quantitative estimate of drug-likeness (QED) is 0.681. The number of rotatable bonds is 3. The molecule has 1 aliphatic carbocycles. The Balaban J connectivity index is 2.14. The molecule has 1 fully saturated rings. The Labute approximate surface area is 128 Å². The van der Waals surface area contributed by atoms with E-state index < -0.39 is 4.92 Å². The zero-order valence-corrected chi connectivity index (χ0v) is 12.9. The number of nitro benzene ring substituents is 1. The van der Waals surface area contributed by atoms with Gasteiger partial charge in [0.2, 0.25) is 0 Å². The summed E-state index contributed by atoms with van der Waals surface area (Å²) in [6.07, 6.45) is 3.09. The van der Waals surface area contributed by atoms with E-state index in [1.54, 1.807) is 0 Å². The first-order valence-electron chi connectivity index (χ1n) is 7.14. The average molecular weight is 311 g/mol. The van der Waals surface area contributed by atoms with Crippen molar-refractivity contribution in [3.05, 3.63) is 38.9 Å². The van der Waals surface area contributed by atoms with Gasteiger partial charge < -0.3 is 5.32 Å². The first-order valence-corrected chi connectivity index (χ1v) is 7.51. The molecule has 2 rings (SSSR count). The highest BCUT2D eigenvalue weighted by atomic mass is 35.5. The van der Waals surface area contributed by atoms with Crippen LogP contribution in [0.25, 0.3) is 0 Å². The minimum absolute atomic E-state index is 0.100. The molecule has 1 aliphatic rings. The summed E-state index contributed by atoms with van der Waals surface area (Å²) in [5, 5.41) is 13.7.